The molecule has 3 aromatic rings. The van der Waals surface area contributed by atoms with Gasteiger partial charge in [-0.25, -0.2) is 4.98 Å². The first kappa shape index (κ1) is 19.1. The van der Waals surface area contributed by atoms with E-state index in [-0.39, 0.29) is 0 Å². The third-order valence-electron chi connectivity index (χ3n) is 5.25. The first-order valence-corrected chi connectivity index (χ1v) is 10.1. The highest BCUT2D eigenvalue weighted by atomic mass is 15.2. The minimum absolute atomic E-state index is 0.397. The lowest BCUT2D eigenvalue weighted by Crippen LogP contribution is -2.44. The molecular formula is C23H28N6. The van der Waals surface area contributed by atoms with Crippen LogP contribution in [0.2, 0.25) is 0 Å². The highest BCUT2D eigenvalue weighted by Crippen LogP contribution is 2.19. The zero-order valence-corrected chi connectivity index (χ0v) is 16.8. The number of rotatable bonds is 6. The number of aromatic nitrogens is 2. The zero-order valence-electron chi connectivity index (χ0n) is 16.8. The van der Waals surface area contributed by atoms with Crippen molar-refractivity contribution in [2.75, 3.05) is 25.0 Å². The van der Waals surface area contributed by atoms with Crippen molar-refractivity contribution in [2.45, 2.75) is 25.6 Å². The fourth-order valence-corrected chi connectivity index (χ4v) is 3.75. The minimum atomic E-state index is 0.397. The van der Waals surface area contributed by atoms with Crippen LogP contribution in [0.25, 0.3) is 0 Å². The van der Waals surface area contributed by atoms with Crippen molar-refractivity contribution in [1.82, 2.24) is 20.2 Å². The number of guanidine groups is 1. The van der Waals surface area contributed by atoms with Gasteiger partial charge in [-0.3, -0.25) is 4.99 Å². The van der Waals surface area contributed by atoms with Gasteiger partial charge in [0, 0.05) is 57.3 Å². The summed E-state index contributed by atoms with van der Waals surface area (Å²) in [5.74, 6) is 0.852. The monoisotopic (exact) mass is 388 g/mol. The summed E-state index contributed by atoms with van der Waals surface area (Å²) >= 11 is 0. The molecule has 2 N–H and O–H groups in total. The molecule has 2 aromatic carbocycles. The van der Waals surface area contributed by atoms with Crippen molar-refractivity contribution < 1.29 is 0 Å². The molecule has 150 valence electrons. The quantitative estimate of drug-likeness (QED) is 0.504. The van der Waals surface area contributed by atoms with Crippen molar-refractivity contribution in [1.29, 1.82) is 0 Å². The maximum Gasteiger partial charge on any atom is 0.191 e. The van der Waals surface area contributed by atoms with Gasteiger partial charge in [0.25, 0.3) is 0 Å². The molecule has 0 bridgehead atoms. The lowest BCUT2D eigenvalue weighted by atomic mass is 10.1. The summed E-state index contributed by atoms with van der Waals surface area (Å²) in [5.41, 5.74) is 3.79. The van der Waals surface area contributed by atoms with Gasteiger partial charge in [-0.05, 0) is 29.7 Å². The van der Waals surface area contributed by atoms with Gasteiger partial charge in [-0.15, -0.1) is 0 Å². The molecule has 4 rings (SSSR count). The average molecular weight is 389 g/mol. The van der Waals surface area contributed by atoms with Crippen LogP contribution < -0.4 is 15.5 Å². The summed E-state index contributed by atoms with van der Waals surface area (Å²) in [4.78, 5) is 10.9. The molecule has 0 radical (unpaired) electrons. The SMILES string of the molecule is CN=C(NCc1cccc(Cn2ccnc2)c1)NC1CCN(c2ccccc2)C1. The first-order chi connectivity index (χ1) is 14.3. The Hall–Kier alpha value is -3.28. The minimum Gasteiger partial charge on any atom is -0.369 e. The van der Waals surface area contributed by atoms with Crippen LogP contribution in [0.15, 0.2) is 78.3 Å². The molecule has 1 atom stereocenters. The van der Waals surface area contributed by atoms with E-state index in [1.165, 1.54) is 16.8 Å². The summed E-state index contributed by atoms with van der Waals surface area (Å²) < 4.78 is 2.08. The van der Waals surface area contributed by atoms with Gasteiger partial charge < -0.3 is 20.1 Å². The van der Waals surface area contributed by atoms with Crippen molar-refractivity contribution in [3.63, 3.8) is 0 Å². The number of aliphatic imine (C=N–C) groups is 1. The standard InChI is InChI=1S/C23H28N6/c1-24-23(27-21-10-12-29(17-21)22-8-3-2-4-9-22)26-15-19-6-5-7-20(14-19)16-28-13-11-25-18-28/h2-9,11,13-14,18,21H,10,12,15-17H2,1H3,(H2,24,26,27). The maximum absolute atomic E-state index is 4.41. The van der Waals surface area contributed by atoms with Crippen LogP contribution in [0, 0.1) is 0 Å². The Bertz CT molecular complexity index is 920. The number of imidazole rings is 1. The van der Waals surface area contributed by atoms with Crippen LogP contribution in [-0.4, -0.2) is 41.7 Å². The van der Waals surface area contributed by atoms with E-state index in [1.807, 2.05) is 25.8 Å². The van der Waals surface area contributed by atoms with E-state index in [4.69, 9.17) is 0 Å². The van der Waals surface area contributed by atoms with Crippen LogP contribution in [0.1, 0.15) is 17.5 Å². The van der Waals surface area contributed by atoms with Crippen LogP contribution in [-0.2, 0) is 13.1 Å². The van der Waals surface area contributed by atoms with Gasteiger partial charge in [0.15, 0.2) is 5.96 Å². The summed E-state index contributed by atoms with van der Waals surface area (Å²) in [6, 6.07) is 19.6. The van der Waals surface area contributed by atoms with Crippen LogP contribution in [0.5, 0.6) is 0 Å². The van der Waals surface area contributed by atoms with Gasteiger partial charge >= 0.3 is 0 Å². The Morgan fingerprint density at radius 2 is 2.00 bits per heavy atom. The molecule has 0 aliphatic carbocycles. The smallest absolute Gasteiger partial charge is 0.191 e. The fraction of sp³-hybridized carbons (Fsp3) is 0.304. The topological polar surface area (TPSA) is 57.5 Å². The summed E-state index contributed by atoms with van der Waals surface area (Å²) in [5, 5.41) is 7.03. The number of nitrogens with zero attached hydrogens (tertiary/aromatic N) is 4. The van der Waals surface area contributed by atoms with E-state index in [2.05, 4.69) is 84.7 Å². The van der Waals surface area contributed by atoms with E-state index in [0.717, 1.165) is 38.6 Å². The average Bonchev–Trinajstić information content (AvgIpc) is 3.44. The van der Waals surface area contributed by atoms with Crippen molar-refractivity contribution >= 4 is 11.6 Å². The predicted octanol–water partition coefficient (Wildman–Crippen LogP) is 2.88. The van der Waals surface area contributed by atoms with Gasteiger partial charge in [0.2, 0.25) is 0 Å². The zero-order chi connectivity index (χ0) is 19.9. The van der Waals surface area contributed by atoms with E-state index in [9.17, 15) is 0 Å². The third-order valence-corrected chi connectivity index (χ3v) is 5.25. The highest BCUT2D eigenvalue weighted by Gasteiger charge is 2.23. The molecule has 0 spiro atoms. The summed E-state index contributed by atoms with van der Waals surface area (Å²) in [6.45, 7) is 3.63. The molecule has 1 aliphatic heterocycles. The molecule has 2 heterocycles. The van der Waals surface area contributed by atoms with Gasteiger partial charge in [0.05, 0.1) is 6.33 Å². The van der Waals surface area contributed by atoms with Crippen molar-refractivity contribution in [3.05, 3.63) is 84.4 Å². The molecule has 6 heteroatoms. The molecule has 0 amide bonds. The Morgan fingerprint density at radius 1 is 1.14 bits per heavy atom. The predicted molar refractivity (Wildman–Crippen MR) is 118 cm³/mol. The Kier molecular flexibility index (Phi) is 6.10. The Labute approximate surface area is 172 Å². The molecule has 1 saturated heterocycles. The Balaban J connectivity index is 1.29. The number of hydrogen-bond donors (Lipinski definition) is 2. The second kappa shape index (κ2) is 9.28. The Morgan fingerprint density at radius 3 is 2.79 bits per heavy atom. The number of nitrogens with one attached hydrogen (secondary N) is 2. The molecule has 29 heavy (non-hydrogen) atoms. The van der Waals surface area contributed by atoms with Crippen LogP contribution in [0.4, 0.5) is 5.69 Å². The summed E-state index contributed by atoms with van der Waals surface area (Å²) in [7, 11) is 1.83. The molecular weight excluding hydrogens is 360 g/mol. The fourth-order valence-electron chi connectivity index (χ4n) is 3.75. The molecule has 1 unspecified atom stereocenters. The first-order valence-electron chi connectivity index (χ1n) is 10.1. The van der Waals surface area contributed by atoms with Crippen LogP contribution in [0.3, 0.4) is 0 Å². The van der Waals surface area contributed by atoms with Crippen molar-refractivity contribution in [3.8, 4) is 0 Å². The van der Waals surface area contributed by atoms with Gasteiger partial charge in [0.1, 0.15) is 0 Å². The van der Waals surface area contributed by atoms with Crippen LogP contribution >= 0.6 is 0 Å². The normalized spacial score (nSPS) is 16.8. The van der Waals surface area contributed by atoms with E-state index < -0.39 is 0 Å². The highest BCUT2D eigenvalue weighted by molar-refractivity contribution is 5.80. The second-order valence-corrected chi connectivity index (χ2v) is 7.39. The lowest BCUT2D eigenvalue weighted by molar-refractivity contribution is 0.648. The second-order valence-electron chi connectivity index (χ2n) is 7.39. The number of benzene rings is 2. The third kappa shape index (κ3) is 5.16. The van der Waals surface area contributed by atoms with E-state index in [0.29, 0.717) is 6.04 Å². The largest absolute Gasteiger partial charge is 0.369 e. The van der Waals surface area contributed by atoms with Gasteiger partial charge in [-0.2, -0.15) is 0 Å². The van der Waals surface area contributed by atoms with Crippen molar-refractivity contribution in [2.24, 2.45) is 4.99 Å². The number of anilines is 1. The molecule has 0 saturated carbocycles. The maximum atomic E-state index is 4.41. The van der Waals surface area contributed by atoms with Gasteiger partial charge in [-0.1, -0.05) is 42.5 Å². The molecule has 1 fully saturated rings. The lowest BCUT2D eigenvalue weighted by Gasteiger charge is -2.20. The summed E-state index contributed by atoms with van der Waals surface area (Å²) in [6.07, 6.45) is 6.74. The van der Waals surface area contributed by atoms with E-state index in [1.54, 1.807) is 0 Å². The molecule has 1 aromatic heterocycles. The van der Waals surface area contributed by atoms with E-state index >= 15 is 0 Å². The molecule has 1 aliphatic rings. The number of hydrogen-bond acceptors (Lipinski definition) is 3. The molecule has 6 nitrogen and oxygen atoms in total. The number of para-hydroxylation sites is 1.